The fraction of sp³-hybridized carbons (Fsp3) is 0.308. The summed E-state index contributed by atoms with van der Waals surface area (Å²) in [5, 5.41) is 0. The average molecular weight is 283 g/mol. The van der Waals surface area contributed by atoms with E-state index in [0.29, 0.717) is 0 Å². The molecule has 0 amide bonds. The Morgan fingerprint density at radius 3 is 2.32 bits per heavy atom. The zero-order valence-electron chi connectivity index (χ0n) is 11.2. The molecule has 0 heterocycles. The summed E-state index contributed by atoms with van der Waals surface area (Å²) in [4.78, 5) is 13.0. The third-order valence-corrected chi connectivity index (χ3v) is 3.94. The molecule has 1 aromatic carbocycles. The predicted octanol–water partition coefficient (Wildman–Crippen LogP) is 1.43. The molecule has 0 unspecified atom stereocenters. The Hall–Kier alpha value is -1.82. The highest BCUT2D eigenvalue weighted by Gasteiger charge is 2.28. The van der Waals surface area contributed by atoms with Crippen LogP contribution < -0.4 is 0 Å². The Morgan fingerprint density at radius 2 is 1.84 bits per heavy atom. The Labute approximate surface area is 113 Å². The van der Waals surface area contributed by atoms with Crippen molar-refractivity contribution in [1.29, 1.82) is 0 Å². The van der Waals surface area contributed by atoms with Crippen molar-refractivity contribution >= 4 is 15.8 Å². The van der Waals surface area contributed by atoms with Crippen LogP contribution in [0.4, 0.5) is 0 Å². The van der Waals surface area contributed by atoms with Crippen molar-refractivity contribution < 1.29 is 17.9 Å². The second-order valence-corrected chi connectivity index (χ2v) is 5.91. The van der Waals surface area contributed by atoms with Crippen LogP contribution in [0.3, 0.4) is 0 Å². The molecule has 0 spiro atoms. The van der Waals surface area contributed by atoms with E-state index >= 15 is 0 Å². The zero-order chi connectivity index (χ0) is 14.5. The normalized spacial score (nSPS) is 12.1. The van der Waals surface area contributed by atoms with Crippen molar-refractivity contribution in [2.24, 2.45) is 0 Å². The number of hydrogen-bond donors (Lipinski definition) is 0. The number of nitrogens with zero attached hydrogens (tertiary/aromatic N) is 1. The summed E-state index contributed by atoms with van der Waals surface area (Å²) in [6, 6.07) is 7.80. The predicted molar refractivity (Wildman–Crippen MR) is 72.0 cm³/mol. The van der Waals surface area contributed by atoms with E-state index < -0.39 is 15.8 Å². The van der Waals surface area contributed by atoms with Gasteiger partial charge in [-0.05, 0) is 19.1 Å². The van der Waals surface area contributed by atoms with E-state index in [9.17, 15) is 13.2 Å². The monoisotopic (exact) mass is 283 g/mol. The van der Waals surface area contributed by atoms with Crippen LogP contribution in [-0.2, 0) is 19.4 Å². The molecule has 0 N–H and O–H groups in total. The van der Waals surface area contributed by atoms with Gasteiger partial charge in [0.05, 0.1) is 11.5 Å². The molecule has 0 saturated heterocycles. The lowest BCUT2D eigenvalue weighted by Gasteiger charge is -2.12. The van der Waals surface area contributed by atoms with Gasteiger partial charge in [0.2, 0.25) is 9.84 Å². The first-order chi connectivity index (χ1) is 8.89. The number of carbonyl (C=O) groups excluding carboxylic acids is 1. The Morgan fingerprint density at radius 1 is 1.26 bits per heavy atom. The first kappa shape index (κ1) is 15.2. The SMILES string of the molecule is CCOC(=O)/C(=C\N(C)C)S(=O)(=O)c1ccccc1. The second-order valence-electron chi connectivity index (χ2n) is 3.99. The molecule has 1 rings (SSSR count). The van der Waals surface area contributed by atoms with Crippen LogP contribution in [0.25, 0.3) is 0 Å². The summed E-state index contributed by atoms with van der Waals surface area (Å²) in [6.07, 6.45) is 1.25. The fourth-order valence-electron chi connectivity index (χ4n) is 1.40. The third-order valence-electron chi connectivity index (χ3n) is 2.20. The molecular formula is C13H17NO4S. The van der Waals surface area contributed by atoms with Crippen molar-refractivity contribution in [2.75, 3.05) is 20.7 Å². The van der Waals surface area contributed by atoms with Gasteiger partial charge < -0.3 is 9.64 Å². The summed E-state index contributed by atoms with van der Waals surface area (Å²) < 4.78 is 29.6. The van der Waals surface area contributed by atoms with Crippen LogP contribution in [0, 0.1) is 0 Å². The molecule has 0 bridgehead atoms. The van der Waals surface area contributed by atoms with Crippen LogP contribution in [0.2, 0.25) is 0 Å². The Bertz CT molecular complexity index is 562. The molecule has 0 aliphatic carbocycles. The first-order valence-corrected chi connectivity index (χ1v) is 7.23. The highest BCUT2D eigenvalue weighted by Crippen LogP contribution is 2.20. The van der Waals surface area contributed by atoms with E-state index in [1.54, 1.807) is 39.2 Å². The topological polar surface area (TPSA) is 63.7 Å². The zero-order valence-corrected chi connectivity index (χ0v) is 12.0. The van der Waals surface area contributed by atoms with Crippen molar-refractivity contribution in [2.45, 2.75) is 11.8 Å². The number of esters is 1. The van der Waals surface area contributed by atoms with Gasteiger partial charge in [0.25, 0.3) is 0 Å². The summed E-state index contributed by atoms with van der Waals surface area (Å²) in [5.74, 6) is -0.847. The minimum atomic E-state index is -3.87. The van der Waals surface area contributed by atoms with Gasteiger partial charge in [0.15, 0.2) is 4.91 Å². The van der Waals surface area contributed by atoms with E-state index in [2.05, 4.69) is 0 Å². The number of benzene rings is 1. The number of ether oxygens (including phenoxy) is 1. The molecular weight excluding hydrogens is 266 g/mol. The Kier molecular flexibility index (Phi) is 5.11. The van der Waals surface area contributed by atoms with Crippen LogP contribution in [0.15, 0.2) is 46.3 Å². The lowest BCUT2D eigenvalue weighted by Crippen LogP contribution is -2.19. The maximum absolute atomic E-state index is 12.4. The largest absolute Gasteiger partial charge is 0.462 e. The van der Waals surface area contributed by atoms with Crippen LogP contribution in [0.5, 0.6) is 0 Å². The van der Waals surface area contributed by atoms with E-state index in [4.69, 9.17) is 4.74 Å². The standard InChI is InChI=1S/C13H17NO4S/c1-4-18-13(15)12(10-14(2)3)19(16,17)11-8-6-5-7-9-11/h5-10H,4H2,1-3H3/b12-10+. The molecule has 0 saturated carbocycles. The lowest BCUT2D eigenvalue weighted by atomic mass is 10.4. The first-order valence-electron chi connectivity index (χ1n) is 5.75. The highest BCUT2D eigenvalue weighted by atomic mass is 32.2. The molecule has 6 heteroatoms. The molecule has 19 heavy (non-hydrogen) atoms. The number of carbonyl (C=O) groups is 1. The maximum atomic E-state index is 12.4. The molecule has 0 aliphatic rings. The van der Waals surface area contributed by atoms with Gasteiger partial charge >= 0.3 is 5.97 Å². The third kappa shape index (κ3) is 3.82. The average Bonchev–Trinajstić information content (AvgIpc) is 2.37. The van der Waals surface area contributed by atoms with Gasteiger partial charge in [-0.3, -0.25) is 0 Å². The van der Waals surface area contributed by atoms with E-state index in [1.807, 2.05) is 0 Å². The summed E-state index contributed by atoms with van der Waals surface area (Å²) >= 11 is 0. The van der Waals surface area contributed by atoms with Gasteiger partial charge in [-0.25, -0.2) is 13.2 Å². The van der Waals surface area contributed by atoms with Gasteiger partial charge in [-0.15, -0.1) is 0 Å². The van der Waals surface area contributed by atoms with Crippen molar-refractivity contribution in [3.8, 4) is 0 Å². The van der Waals surface area contributed by atoms with Crippen molar-refractivity contribution in [3.63, 3.8) is 0 Å². The number of sulfone groups is 1. The fourth-order valence-corrected chi connectivity index (χ4v) is 2.79. The number of hydrogen-bond acceptors (Lipinski definition) is 5. The van der Waals surface area contributed by atoms with Gasteiger partial charge in [-0.1, -0.05) is 18.2 Å². The van der Waals surface area contributed by atoms with Gasteiger partial charge in [0.1, 0.15) is 0 Å². The van der Waals surface area contributed by atoms with Crippen LogP contribution >= 0.6 is 0 Å². The summed E-state index contributed by atoms with van der Waals surface area (Å²) in [6.45, 7) is 1.74. The van der Waals surface area contributed by atoms with Gasteiger partial charge in [0, 0.05) is 20.3 Å². The highest BCUT2D eigenvalue weighted by molar-refractivity contribution is 7.96. The smallest absolute Gasteiger partial charge is 0.351 e. The Balaban J connectivity index is 3.30. The number of rotatable bonds is 5. The minimum Gasteiger partial charge on any atom is -0.462 e. The van der Waals surface area contributed by atoms with Crippen molar-refractivity contribution in [3.05, 3.63) is 41.4 Å². The molecule has 0 aliphatic heterocycles. The second kappa shape index (κ2) is 6.38. The quantitative estimate of drug-likeness (QED) is 0.604. The molecule has 1 aromatic rings. The van der Waals surface area contributed by atoms with Crippen LogP contribution in [-0.4, -0.2) is 40.0 Å². The molecule has 5 nitrogen and oxygen atoms in total. The van der Waals surface area contributed by atoms with E-state index in [-0.39, 0.29) is 16.4 Å². The summed E-state index contributed by atoms with van der Waals surface area (Å²) in [5.41, 5.74) is 0. The minimum absolute atomic E-state index is 0.0659. The van der Waals surface area contributed by atoms with E-state index in [0.717, 1.165) is 0 Å². The maximum Gasteiger partial charge on any atom is 0.351 e. The molecule has 0 fully saturated rings. The molecule has 0 aromatic heterocycles. The van der Waals surface area contributed by atoms with Crippen molar-refractivity contribution in [1.82, 2.24) is 4.90 Å². The van der Waals surface area contributed by atoms with Gasteiger partial charge in [-0.2, -0.15) is 0 Å². The lowest BCUT2D eigenvalue weighted by molar-refractivity contribution is -0.137. The summed E-state index contributed by atoms with van der Waals surface area (Å²) in [7, 11) is -0.595. The van der Waals surface area contributed by atoms with Crippen LogP contribution in [0.1, 0.15) is 6.92 Å². The molecule has 0 radical (unpaired) electrons. The van der Waals surface area contributed by atoms with E-state index in [1.165, 1.54) is 23.2 Å². The molecule has 0 atom stereocenters. The molecule has 104 valence electrons.